The number of anilines is 2. The average Bonchev–Trinajstić information content (AvgIpc) is 3.30. The molecule has 2 aromatic carbocycles. The van der Waals surface area contributed by atoms with Gasteiger partial charge in [-0.05, 0) is 55.5 Å². The topological polar surface area (TPSA) is 93.2 Å². The van der Waals surface area contributed by atoms with Gasteiger partial charge >= 0.3 is 0 Å². The summed E-state index contributed by atoms with van der Waals surface area (Å²) in [6.45, 7) is 3.75. The Kier molecular flexibility index (Phi) is 4.71. The van der Waals surface area contributed by atoms with E-state index in [1.54, 1.807) is 62.8 Å². The minimum atomic E-state index is -0.962. The number of hydrogen-bond donors (Lipinski definition) is 0. The van der Waals surface area contributed by atoms with Crippen LogP contribution >= 0.6 is 0 Å². The van der Waals surface area contributed by atoms with E-state index < -0.39 is 35.0 Å². The molecule has 0 N–H and O–H groups in total. The van der Waals surface area contributed by atoms with Gasteiger partial charge in [-0.1, -0.05) is 18.6 Å². The maximum Gasteiger partial charge on any atom is 0.238 e. The van der Waals surface area contributed by atoms with E-state index in [1.165, 1.54) is 9.80 Å². The molecule has 2 saturated heterocycles. The van der Waals surface area contributed by atoms with Crippen molar-refractivity contribution in [3.63, 3.8) is 0 Å². The van der Waals surface area contributed by atoms with Crippen LogP contribution in [0.15, 0.2) is 60.2 Å². The maximum absolute atomic E-state index is 13.8. The summed E-state index contributed by atoms with van der Waals surface area (Å²) < 4.78 is 10.4. The van der Waals surface area contributed by atoms with E-state index in [-0.39, 0.29) is 23.6 Å². The Balaban J connectivity index is 1.42. The van der Waals surface area contributed by atoms with Crippen molar-refractivity contribution in [1.29, 1.82) is 0 Å². The summed E-state index contributed by atoms with van der Waals surface area (Å²) in [6, 6.07) is 13.5. The van der Waals surface area contributed by atoms with Gasteiger partial charge in [0.05, 0.1) is 49.3 Å². The van der Waals surface area contributed by atoms with Crippen LogP contribution in [0.3, 0.4) is 0 Å². The van der Waals surface area contributed by atoms with Crippen molar-refractivity contribution in [2.24, 2.45) is 35.0 Å². The highest BCUT2D eigenvalue weighted by molar-refractivity contribution is 6.26. The molecule has 0 aromatic heterocycles. The number of hydrogen-bond acceptors (Lipinski definition) is 6. The fraction of sp³-hybridized carbons (Fsp3) is 0.357. The Bertz CT molecular complexity index is 1250. The second-order valence-corrected chi connectivity index (χ2v) is 10.2. The fourth-order valence-corrected chi connectivity index (χ4v) is 7.13. The molecule has 184 valence electrons. The number of methoxy groups -OCH3 is 2. The highest BCUT2D eigenvalue weighted by atomic mass is 16.5. The molecule has 2 aromatic rings. The van der Waals surface area contributed by atoms with Crippen molar-refractivity contribution >= 4 is 35.0 Å². The minimum absolute atomic E-state index is 0.319. The van der Waals surface area contributed by atoms with Crippen LogP contribution in [0, 0.1) is 35.0 Å². The first-order valence-corrected chi connectivity index (χ1v) is 12.0. The monoisotopic (exact) mass is 486 g/mol. The van der Waals surface area contributed by atoms with E-state index in [0.29, 0.717) is 22.9 Å². The highest BCUT2D eigenvalue weighted by Crippen LogP contribution is 2.66. The number of amides is 4. The number of ether oxygens (including phenoxy) is 2. The van der Waals surface area contributed by atoms with E-state index in [0.717, 1.165) is 5.57 Å². The molecule has 0 radical (unpaired) electrons. The van der Waals surface area contributed by atoms with Gasteiger partial charge in [-0.2, -0.15) is 0 Å². The Morgan fingerprint density at radius 1 is 0.639 bits per heavy atom. The summed E-state index contributed by atoms with van der Waals surface area (Å²) >= 11 is 0. The van der Waals surface area contributed by atoms with E-state index in [2.05, 4.69) is 0 Å². The first-order chi connectivity index (χ1) is 17.2. The number of carbonyl (C=O) groups excluding carboxylic acids is 4. The molecule has 2 unspecified atom stereocenters. The van der Waals surface area contributed by atoms with Gasteiger partial charge in [0.25, 0.3) is 0 Å². The van der Waals surface area contributed by atoms with Gasteiger partial charge in [0, 0.05) is 11.3 Å². The van der Waals surface area contributed by atoms with Gasteiger partial charge in [0.15, 0.2) is 0 Å². The number of allylic oxidation sites excluding steroid dienone is 2. The van der Waals surface area contributed by atoms with Crippen LogP contribution in [-0.4, -0.2) is 37.8 Å². The third-order valence-corrected chi connectivity index (χ3v) is 8.54. The Morgan fingerprint density at radius 2 is 1.03 bits per heavy atom. The van der Waals surface area contributed by atoms with Crippen molar-refractivity contribution < 1.29 is 28.7 Å². The standard InChI is InChI=1S/C28H26N2O6/c1-14-13-28(2)22-20(24(31)29(26(22)33)15-5-9-17(35-3)10-6-15)19(14)21-23(28)27(34)30(25(21)32)16-7-11-18(36-4)12-8-16/h5-13,19-23H,1-4H3/t19?,20-,21+,22-,23-,28?/m0/s1. The lowest BCUT2D eigenvalue weighted by Gasteiger charge is -2.53. The van der Waals surface area contributed by atoms with Crippen molar-refractivity contribution in [1.82, 2.24) is 0 Å². The molecule has 36 heavy (non-hydrogen) atoms. The summed E-state index contributed by atoms with van der Waals surface area (Å²) in [5.41, 5.74) is 0.846. The quantitative estimate of drug-likeness (QED) is 0.487. The SMILES string of the molecule is COc1ccc(N2C(=O)[C@@H]3C4C(C)=CC(C)([C@@H]3C2=O)[C@@H]2C(=O)N(c3ccc(OC)cc3)C(=O)[C@@H]42)cc1. The summed E-state index contributed by atoms with van der Waals surface area (Å²) in [4.78, 5) is 57.7. The zero-order valence-corrected chi connectivity index (χ0v) is 20.4. The highest BCUT2D eigenvalue weighted by Gasteiger charge is 2.74. The van der Waals surface area contributed by atoms with Gasteiger partial charge in [-0.3, -0.25) is 29.0 Å². The third-order valence-electron chi connectivity index (χ3n) is 8.54. The van der Waals surface area contributed by atoms with Crippen molar-refractivity contribution in [2.45, 2.75) is 13.8 Å². The molecular weight excluding hydrogens is 460 g/mol. The summed E-state index contributed by atoms with van der Waals surface area (Å²) in [5, 5.41) is 0. The van der Waals surface area contributed by atoms with Crippen LogP contribution in [0.25, 0.3) is 0 Å². The Labute approximate surface area is 208 Å². The minimum Gasteiger partial charge on any atom is -0.497 e. The van der Waals surface area contributed by atoms with Crippen LogP contribution in [0.1, 0.15) is 13.8 Å². The first-order valence-electron chi connectivity index (χ1n) is 12.0. The number of benzene rings is 2. The molecule has 2 aliphatic heterocycles. The van der Waals surface area contributed by atoms with Crippen LogP contribution in [0.4, 0.5) is 11.4 Å². The van der Waals surface area contributed by atoms with Gasteiger partial charge in [0.2, 0.25) is 23.6 Å². The zero-order chi connectivity index (χ0) is 25.5. The summed E-state index contributed by atoms with van der Waals surface area (Å²) in [6.07, 6.45) is 1.96. The Morgan fingerprint density at radius 3 is 1.39 bits per heavy atom. The fourth-order valence-electron chi connectivity index (χ4n) is 7.13. The smallest absolute Gasteiger partial charge is 0.238 e. The predicted molar refractivity (Wildman–Crippen MR) is 130 cm³/mol. The number of imide groups is 2. The number of nitrogens with zero attached hydrogens (tertiary/aromatic N) is 2. The molecule has 7 rings (SSSR count). The lowest BCUT2D eigenvalue weighted by Crippen LogP contribution is -2.57. The Hall–Kier alpha value is -3.94. The molecule has 6 atom stereocenters. The molecule has 2 bridgehead atoms. The van der Waals surface area contributed by atoms with Gasteiger partial charge < -0.3 is 9.47 Å². The van der Waals surface area contributed by atoms with Crippen LogP contribution in [0.2, 0.25) is 0 Å². The number of carbonyl (C=O) groups is 4. The van der Waals surface area contributed by atoms with Crippen LogP contribution in [-0.2, 0) is 19.2 Å². The average molecular weight is 487 g/mol. The molecule has 3 fully saturated rings. The molecule has 2 heterocycles. The predicted octanol–water partition coefficient (Wildman–Crippen LogP) is 3.21. The van der Waals surface area contributed by atoms with Crippen LogP contribution < -0.4 is 19.3 Å². The summed E-state index contributed by atoms with van der Waals surface area (Å²) in [5.74, 6) is -3.38. The van der Waals surface area contributed by atoms with Crippen LogP contribution in [0.5, 0.6) is 11.5 Å². The zero-order valence-electron chi connectivity index (χ0n) is 20.4. The second-order valence-electron chi connectivity index (χ2n) is 10.2. The molecule has 8 heteroatoms. The lowest BCUT2D eigenvalue weighted by atomic mass is 9.46. The molecule has 5 aliphatic rings. The molecule has 1 saturated carbocycles. The lowest BCUT2D eigenvalue weighted by molar-refractivity contribution is -0.146. The van der Waals surface area contributed by atoms with Gasteiger partial charge in [-0.15, -0.1) is 0 Å². The maximum atomic E-state index is 13.8. The second kappa shape index (κ2) is 7.53. The summed E-state index contributed by atoms with van der Waals surface area (Å²) in [7, 11) is 3.09. The first kappa shape index (κ1) is 22.5. The third kappa shape index (κ3) is 2.69. The van der Waals surface area contributed by atoms with Gasteiger partial charge in [-0.25, -0.2) is 0 Å². The normalized spacial score (nSPS) is 32.6. The molecule has 0 spiro atoms. The van der Waals surface area contributed by atoms with Crippen molar-refractivity contribution in [3.05, 3.63) is 60.2 Å². The molecular formula is C28H26N2O6. The largest absolute Gasteiger partial charge is 0.497 e. The molecule has 8 nitrogen and oxygen atoms in total. The number of rotatable bonds is 4. The molecule has 4 amide bonds. The van der Waals surface area contributed by atoms with Gasteiger partial charge in [0.1, 0.15) is 11.5 Å². The van der Waals surface area contributed by atoms with E-state index >= 15 is 0 Å². The van der Waals surface area contributed by atoms with E-state index in [4.69, 9.17) is 9.47 Å². The molecule has 3 aliphatic carbocycles. The van der Waals surface area contributed by atoms with Crippen molar-refractivity contribution in [3.8, 4) is 11.5 Å². The van der Waals surface area contributed by atoms with Crippen molar-refractivity contribution in [2.75, 3.05) is 24.0 Å². The van der Waals surface area contributed by atoms with E-state index in [9.17, 15) is 19.2 Å². The van der Waals surface area contributed by atoms with E-state index in [1.807, 2.05) is 19.9 Å².